The Labute approximate surface area is 117 Å². The van der Waals surface area contributed by atoms with Crippen molar-refractivity contribution in [2.75, 3.05) is 6.54 Å². The van der Waals surface area contributed by atoms with Crippen molar-refractivity contribution < 1.29 is 9.18 Å². The van der Waals surface area contributed by atoms with Gasteiger partial charge in [-0.1, -0.05) is 30.3 Å². The number of benzene rings is 2. The molecule has 1 amide bonds. The number of rotatable bonds is 4. The molecule has 0 aromatic heterocycles. The minimum atomic E-state index is -0.329. The van der Waals surface area contributed by atoms with E-state index in [2.05, 4.69) is 17.4 Å². The maximum Gasteiger partial charge on any atom is 0.251 e. The van der Waals surface area contributed by atoms with Crippen LogP contribution in [0.5, 0.6) is 0 Å². The second kappa shape index (κ2) is 5.08. The van der Waals surface area contributed by atoms with Crippen LogP contribution in [0, 0.1) is 5.82 Å². The van der Waals surface area contributed by atoms with Gasteiger partial charge in [0.05, 0.1) is 0 Å². The average Bonchev–Trinajstić information content (AvgIpc) is 3.28. The van der Waals surface area contributed by atoms with Crippen molar-refractivity contribution in [2.24, 2.45) is 0 Å². The van der Waals surface area contributed by atoms with Gasteiger partial charge in [0, 0.05) is 17.5 Å². The molecule has 2 aromatic carbocycles. The summed E-state index contributed by atoms with van der Waals surface area (Å²) < 4.78 is 12.8. The molecule has 0 atom stereocenters. The maximum absolute atomic E-state index is 12.8. The first-order valence-corrected chi connectivity index (χ1v) is 6.79. The van der Waals surface area contributed by atoms with Crippen LogP contribution in [0.3, 0.4) is 0 Å². The largest absolute Gasteiger partial charge is 0.351 e. The monoisotopic (exact) mass is 269 g/mol. The van der Waals surface area contributed by atoms with Crippen molar-refractivity contribution in [3.8, 4) is 0 Å². The van der Waals surface area contributed by atoms with E-state index in [0.29, 0.717) is 12.1 Å². The number of carbonyl (C=O) groups excluding carboxylic acids is 1. The number of hydrogen-bond acceptors (Lipinski definition) is 1. The predicted octanol–water partition coefficient (Wildman–Crippen LogP) is 3.29. The first-order chi connectivity index (χ1) is 9.70. The van der Waals surface area contributed by atoms with Gasteiger partial charge in [-0.05, 0) is 42.7 Å². The van der Waals surface area contributed by atoms with Gasteiger partial charge in [-0.2, -0.15) is 0 Å². The lowest BCUT2D eigenvalue weighted by Gasteiger charge is -2.16. The summed E-state index contributed by atoms with van der Waals surface area (Å²) in [5, 5.41) is 2.96. The van der Waals surface area contributed by atoms with Gasteiger partial charge in [0.1, 0.15) is 5.82 Å². The highest BCUT2D eigenvalue weighted by Gasteiger charge is 2.44. The Kier molecular flexibility index (Phi) is 3.26. The lowest BCUT2D eigenvalue weighted by molar-refractivity contribution is 0.0949. The summed E-state index contributed by atoms with van der Waals surface area (Å²) in [5.41, 5.74) is 1.87. The number of nitrogens with one attached hydrogen (secondary N) is 1. The fourth-order valence-electron chi connectivity index (χ4n) is 2.46. The molecule has 1 saturated carbocycles. The van der Waals surface area contributed by atoms with Crippen molar-refractivity contribution in [3.63, 3.8) is 0 Å². The van der Waals surface area contributed by atoms with E-state index < -0.39 is 0 Å². The highest BCUT2D eigenvalue weighted by Crippen LogP contribution is 2.47. The molecule has 3 heteroatoms. The molecule has 0 unspecified atom stereocenters. The molecule has 1 fully saturated rings. The third-order valence-corrected chi connectivity index (χ3v) is 3.93. The normalized spacial score (nSPS) is 15.7. The van der Waals surface area contributed by atoms with Gasteiger partial charge in [0.25, 0.3) is 5.91 Å². The molecule has 0 saturated heterocycles. The molecule has 2 aromatic rings. The predicted molar refractivity (Wildman–Crippen MR) is 76.1 cm³/mol. The zero-order valence-corrected chi connectivity index (χ0v) is 11.1. The zero-order chi connectivity index (χ0) is 14.0. The van der Waals surface area contributed by atoms with Gasteiger partial charge in [0.2, 0.25) is 0 Å². The van der Waals surface area contributed by atoms with Gasteiger partial charge in [-0.3, -0.25) is 4.79 Å². The van der Waals surface area contributed by atoms with Crippen molar-refractivity contribution in [2.45, 2.75) is 18.3 Å². The summed E-state index contributed by atoms with van der Waals surface area (Å²) in [7, 11) is 0. The molecule has 102 valence electrons. The summed E-state index contributed by atoms with van der Waals surface area (Å²) >= 11 is 0. The van der Waals surface area contributed by atoms with E-state index in [1.54, 1.807) is 0 Å². The SMILES string of the molecule is O=C(NCC1(c2ccccc2)CC1)c1ccc(F)cc1. The van der Waals surface area contributed by atoms with Crippen LogP contribution in [-0.2, 0) is 5.41 Å². The fraction of sp³-hybridized carbons (Fsp3) is 0.235. The minimum absolute atomic E-state index is 0.0942. The third-order valence-electron chi connectivity index (χ3n) is 3.93. The van der Waals surface area contributed by atoms with E-state index >= 15 is 0 Å². The van der Waals surface area contributed by atoms with Crippen LogP contribution in [0.1, 0.15) is 28.8 Å². The first kappa shape index (κ1) is 12.9. The summed E-state index contributed by atoms with van der Waals surface area (Å²) in [6, 6.07) is 15.9. The third kappa shape index (κ3) is 2.57. The minimum Gasteiger partial charge on any atom is -0.351 e. The number of amides is 1. The van der Waals surface area contributed by atoms with E-state index in [0.717, 1.165) is 12.8 Å². The number of carbonyl (C=O) groups is 1. The smallest absolute Gasteiger partial charge is 0.251 e. The first-order valence-electron chi connectivity index (χ1n) is 6.79. The molecule has 0 spiro atoms. The Bertz CT molecular complexity index is 603. The molecule has 0 aliphatic heterocycles. The Morgan fingerprint density at radius 3 is 2.30 bits per heavy atom. The molecule has 1 aliphatic carbocycles. The van der Waals surface area contributed by atoms with Crippen LogP contribution in [0.15, 0.2) is 54.6 Å². The van der Waals surface area contributed by atoms with Crippen LogP contribution in [-0.4, -0.2) is 12.5 Å². The molecule has 0 heterocycles. The lowest BCUT2D eigenvalue weighted by atomic mass is 9.96. The van der Waals surface area contributed by atoms with Gasteiger partial charge >= 0.3 is 0 Å². The molecule has 2 nitrogen and oxygen atoms in total. The standard InChI is InChI=1S/C17H16FNO/c18-15-8-6-13(7-9-15)16(20)19-12-17(10-11-17)14-4-2-1-3-5-14/h1-9H,10-12H2,(H,19,20). The Hall–Kier alpha value is -2.16. The van der Waals surface area contributed by atoms with Crippen molar-refractivity contribution in [3.05, 3.63) is 71.5 Å². The quantitative estimate of drug-likeness (QED) is 0.906. The van der Waals surface area contributed by atoms with Crippen LogP contribution in [0.25, 0.3) is 0 Å². The molecular formula is C17H16FNO. The van der Waals surface area contributed by atoms with Crippen LogP contribution in [0.2, 0.25) is 0 Å². The molecule has 1 aliphatic rings. The molecule has 3 rings (SSSR count). The van der Waals surface area contributed by atoms with Crippen LogP contribution < -0.4 is 5.32 Å². The van der Waals surface area contributed by atoms with Crippen molar-refractivity contribution in [1.82, 2.24) is 5.32 Å². The highest BCUT2D eigenvalue weighted by molar-refractivity contribution is 5.94. The van der Waals surface area contributed by atoms with Gasteiger partial charge in [0.15, 0.2) is 0 Å². The van der Waals surface area contributed by atoms with Crippen molar-refractivity contribution >= 4 is 5.91 Å². The number of hydrogen-bond donors (Lipinski definition) is 1. The molecular weight excluding hydrogens is 253 g/mol. The molecule has 0 radical (unpaired) electrons. The maximum atomic E-state index is 12.8. The number of halogens is 1. The van der Waals surface area contributed by atoms with E-state index in [4.69, 9.17) is 0 Å². The Morgan fingerprint density at radius 1 is 1.05 bits per heavy atom. The van der Waals surface area contributed by atoms with Crippen molar-refractivity contribution in [1.29, 1.82) is 0 Å². The molecule has 1 N–H and O–H groups in total. The van der Waals surface area contributed by atoms with E-state index in [1.165, 1.54) is 29.8 Å². The average molecular weight is 269 g/mol. The second-order valence-corrected chi connectivity index (χ2v) is 5.34. The highest BCUT2D eigenvalue weighted by atomic mass is 19.1. The van der Waals surface area contributed by atoms with Crippen LogP contribution >= 0.6 is 0 Å². The summed E-state index contributed by atoms with van der Waals surface area (Å²) in [6.45, 7) is 0.632. The second-order valence-electron chi connectivity index (χ2n) is 5.34. The zero-order valence-electron chi connectivity index (χ0n) is 11.1. The van der Waals surface area contributed by atoms with Gasteiger partial charge in [-0.25, -0.2) is 4.39 Å². The van der Waals surface area contributed by atoms with E-state index in [9.17, 15) is 9.18 Å². The summed E-state index contributed by atoms with van der Waals surface area (Å²) in [5.74, 6) is -0.475. The van der Waals surface area contributed by atoms with E-state index in [1.807, 2.05) is 18.2 Å². The van der Waals surface area contributed by atoms with E-state index in [-0.39, 0.29) is 17.1 Å². The fourth-order valence-corrected chi connectivity index (χ4v) is 2.46. The Morgan fingerprint density at radius 2 is 1.70 bits per heavy atom. The summed E-state index contributed by atoms with van der Waals surface area (Å²) in [4.78, 5) is 12.0. The lowest BCUT2D eigenvalue weighted by Crippen LogP contribution is -2.32. The summed E-state index contributed by atoms with van der Waals surface area (Å²) in [6.07, 6.45) is 2.20. The van der Waals surface area contributed by atoms with Gasteiger partial charge in [-0.15, -0.1) is 0 Å². The van der Waals surface area contributed by atoms with Crippen LogP contribution in [0.4, 0.5) is 4.39 Å². The van der Waals surface area contributed by atoms with Gasteiger partial charge < -0.3 is 5.32 Å². The Balaban J connectivity index is 1.65. The molecule has 0 bridgehead atoms. The topological polar surface area (TPSA) is 29.1 Å². The molecule has 20 heavy (non-hydrogen) atoms.